The number of nitrogens with one attached hydrogen (secondary N) is 1. The minimum atomic E-state index is 0.162. The summed E-state index contributed by atoms with van der Waals surface area (Å²) in [5.41, 5.74) is 3.73. The van der Waals surface area contributed by atoms with Crippen LogP contribution < -0.4 is 10.1 Å². The zero-order valence-electron chi connectivity index (χ0n) is 13.4. The van der Waals surface area contributed by atoms with Crippen LogP contribution in [0.15, 0.2) is 12.1 Å². The van der Waals surface area contributed by atoms with E-state index in [9.17, 15) is 4.79 Å². The summed E-state index contributed by atoms with van der Waals surface area (Å²) >= 11 is 0. The first-order valence-corrected chi connectivity index (χ1v) is 8.09. The summed E-state index contributed by atoms with van der Waals surface area (Å²) in [5.74, 6) is 1.81. The summed E-state index contributed by atoms with van der Waals surface area (Å²) in [6, 6.07) is 4.40. The molecule has 0 saturated carbocycles. The number of hydrogen-bond acceptors (Lipinski definition) is 3. The standard InChI is InChI=1S/C18H27NO2/c1-4-14(11-20)6-8-15-10-18-16(9-17(15)19-3)7-5-13(2)12-21-18/h9-11,13-14,19H,4-8,12H2,1-3H3. The topological polar surface area (TPSA) is 38.3 Å². The molecule has 0 fully saturated rings. The van der Waals surface area contributed by atoms with E-state index in [0.29, 0.717) is 5.92 Å². The van der Waals surface area contributed by atoms with Crippen molar-refractivity contribution >= 4 is 12.0 Å². The smallest absolute Gasteiger partial charge is 0.123 e. The Morgan fingerprint density at radius 1 is 1.48 bits per heavy atom. The Morgan fingerprint density at radius 3 is 2.95 bits per heavy atom. The van der Waals surface area contributed by atoms with Crippen LogP contribution in [0.5, 0.6) is 5.75 Å². The summed E-state index contributed by atoms with van der Waals surface area (Å²) in [7, 11) is 1.96. The number of anilines is 1. The molecule has 1 aromatic rings. The normalized spacial score (nSPS) is 19.1. The molecule has 3 heteroatoms. The van der Waals surface area contributed by atoms with E-state index >= 15 is 0 Å². The highest BCUT2D eigenvalue weighted by atomic mass is 16.5. The van der Waals surface area contributed by atoms with Crippen molar-refractivity contribution in [3.8, 4) is 5.75 Å². The van der Waals surface area contributed by atoms with Crippen molar-refractivity contribution in [1.29, 1.82) is 0 Å². The molecule has 3 nitrogen and oxygen atoms in total. The lowest BCUT2D eigenvalue weighted by Gasteiger charge is -2.16. The molecule has 1 aromatic carbocycles. The average molecular weight is 289 g/mol. The Balaban J connectivity index is 2.19. The van der Waals surface area contributed by atoms with Crippen LogP contribution >= 0.6 is 0 Å². The number of aldehydes is 1. The van der Waals surface area contributed by atoms with E-state index < -0.39 is 0 Å². The van der Waals surface area contributed by atoms with Gasteiger partial charge in [-0.3, -0.25) is 0 Å². The molecular weight excluding hydrogens is 262 g/mol. The third-order valence-corrected chi connectivity index (χ3v) is 4.49. The molecule has 0 amide bonds. The summed E-state index contributed by atoms with van der Waals surface area (Å²) < 4.78 is 5.96. The van der Waals surface area contributed by atoms with Gasteiger partial charge in [-0.2, -0.15) is 0 Å². The van der Waals surface area contributed by atoms with Crippen molar-refractivity contribution in [3.63, 3.8) is 0 Å². The summed E-state index contributed by atoms with van der Waals surface area (Å²) in [6.45, 7) is 5.11. The third-order valence-electron chi connectivity index (χ3n) is 4.49. The van der Waals surface area contributed by atoms with Gasteiger partial charge in [0.05, 0.1) is 6.61 Å². The number of carbonyl (C=O) groups excluding carboxylic acids is 1. The maximum absolute atomic E-state index is 11.0. The Hall–Kier alpha value is -1.51. The number of hydrogen-bond donors (Lipinski definition) is 1. The van der Waals surface area contributed by atoms with Gasteiger partial charge in [0, 0.05) is 18.7 Å². The second-order valence-electron chi connectivity index (χ2n) is 6.17. The van der Waals surface area contributed by atoms with Crippen molar-refractivity contribution in [2.75, 3.05) is 19.0 Å². The van der Waals surface area contributed by atoms with Gasteiger partial charge < -0.3 is 14.8 Å². The summed E-state index contributed by atoms with van der Waals surface area (Å²) in [6.07, 6.45) is 6.08. The van der Waals surface area contributed by atoms with Gasteiger partial charge in [-0.15, -0.1) is 0 Å². The van der Waals surface area contributed by atoms with Crippen LogP contribution in [0.1, 0.15) is 44.2 Å². The fourth-order valence-corrected chi connectivity index (χ4v) is 2.86. The first-order valence-electron chi connectivity index (χ1n) is 8.09. The van der Waals surface area contributed by atoms with Crippen LogP contribution in [0.3, 0.4) is 0 Å². The molecular formula is C18H27NO2. The number of aryl methyl sites for hydroxylation is 2. The first-order chi connectivity index (χ1) is 10.2. The average Bonchev–Trinajstić information content (AvgIpc) is 2.69. The van der Waals surface area contributed by atoms with Crippen LogP contribution in [0.2, 0.25) is 0 Å². The highest BCUT2D eigenvalue weighted by Crippen LogP contribution is 2.32. The molecule has 2 rings (SSSR count). The van der Waals surface area contributed by atoms with E-state index in [1.807, 2.05) is 7.05 Å². The number of ether oxygens (including phenoxy) is 1. The van der Waals surface area contributed by atoms with E-state index in [-0.39, 0.29) is 5.92 Å². The number of fused-ring (bicyclic) bond motifs is 1. The fraction of sp³-hybridized carbons (Fsp3) is 0.611. The Bertz CT molecular complexity index is 484. The minimum absolute atomic E-state index is 0.162. The number of rotatable bonds is 6. The molecule has 1 aliphatic rings. The van der Waals surface area contributed by atoms with Crippen LogP contribution in [0.4, 0.5) is 5.69 Å². The largest absolute Gasteiger partial charge is 0.493 e. The van der Waals surface area contributed by atoms with Gasteiger partial charge in [0.25, 0.3) is 0 Å². The second-order valence-corrected chi connectivity index (χ2v) is 6.17. The Kier molecular flexibility index (Phi) is 5.66. The molecule has 2 unspecified atom stereocenters. The van der Waals surface area contributed by atoms with Gasteiger partial charge in [-0.1, -0.05) is 13.8 Å². The predicted molar refractivity (Wildman–Crippen MR) is 87.1 cm³/mol. The van der Waals surface area contributed by atoms with Crippen molar-refractivity contribution in [1.82, 2.24) is 0 Å². The van der Waals surface area contributed by atoms with Crippen molar-refractivity contribution in [2.24, 2.45) is 11.8 Å². The Morgan fingerprint density at radius 2 is 2.29 bits per heavy atom. The quantitative estimate of drug-likeness (QED) is 0.808. The first kappa shape index (κ1) is 15.9. The van der Waals surface area contributed by atoms with Crippen LogP contribution in [0, 0.1) is 11.8 Å². The van der Waals surface area contributed by atoms with E-state index in [1.54, 1.807) is 0 Å². The zero-order valence-corrected chi connectivity index (χ0v) is 13.4. The minimum Gasteiger partial charge on any atom is -0.493 e. The highest BCUT2D eigenvalue weighted by Gasteiger charge is 2.17. The zero-order chi connectivity index (χ0) is 15.2. The molecule has 0 aromatic heterocycles. The molecule has 2 atom stereocenters. The fourth-order valence-electron chi connectivity index (χ4n) is 2.86. The van der Waals surface area contributed by atoms with E-state index in [0.717, 1.165) is 44.3 Å². The molecule has 0 bridgehead atoms. The van der Waals surface area contributed by atoms with Crippen molar-refractivity contribution in [2.45, 2.75) is 46.0 Å². The maximum atomic E-state index is 11.0. The van der Waals surface area contributed by atoms with Crippen LogP contribution in [0.25, 0.3) is 0 Å². The lowest BCUT2D eigenvalue weighted by atomic mass is 9.95. The van der Waals surface area contributed by atoms with Gasteiger partial charge in [-0.25, -0.2) is 0 Å². The Labute approximate surface area is 128 Å². The third kappa shape index (κ3) is 3.99. The number of carbonyl (C=O) groups is 1. The van der Waals surface area contributed by atoms with Crippen molar-refractivity contribution in [3.05, 3.63) is 23.3 Å². The van der Waals surface area contributed by atoms with Gasteiger partial charge in [-0.05, 0) is 61.3 Å². The van der Waals surface area contributed by atoms with Crippen LogP contribution in [-0.2, 0) is 17.6 Å². The molecule has 1 N–H and O–H groups in total. The second kappa shape index (κ2) is 7.48. The lowest BCUT2D eigenvalue weighted by Crippen LogP contribution is -2.06. The SMILES string of the molecule is CCC(C=O)CCc1cc2c(cc1NC)CCC(C)CO2. The predicted octanol–water partition coefficient (Wildman–Crippen LogP) is 3.85. The van der Waals surface area contributed by atoms with E-state index in [4.69, 9.17) is 4.74 Å². The molecule has 0 radical (unpaired) electrons. The van der Waals surface area contributed by atoms with E-state index in [2.05, 4.69) is 31.3 Å². The van der Waals surface area contributed by atoms with Gasteiger partial charge in [0.15, 0.2) is 0 Å². The van der Waals surface area contributed by atoms with Crippen LogP contribution in [-0.4, -0.2) is 19.9 Å². The van der Waals surface area contributed by atoms with E-state index in [1.165, 1.54) is 23.2 Å². The van der Waals surface area contributed by atoms with Gasteiger partial charge >= 0.3 is 0 Å². The summed E-state index contributed by atoms with van der Waals surface area (Å²) in [4.78, 5) is 11.0. The molecule has 0 spiro atoms. The molecule has 0 saturated heterocycles. The molecule has 21 heavy (non-hydrogen) atoms. The lowest BCUT2D eigenvalue weighted by molar-refractivity contribution is -0.111. The molecule has 116 valence electrons. The monoisotopic (exact) mass is 289 g/mol. The van der Waals surface area contributed by atoms with Gasteiger partial charge in [0.1, 0.15) is 12.0 Å². The van der Waals surface area contributed by atoms with Crippen molar-refractivity contribution < 1.29 is 9.53 Å². The molecule has 1 heterocycles. The highest BCUT2D eigenvalue weighted by molar-refractivity contribution is 5.58. The number of benzene rings is 1. The maximum Gasteiger partial charge on any atom is 0.123 e. The molecule has 0 aliphatic carbocycles. The molecule has 1 aliphatic heterocycles. The van der Waals surface area contributed by atoms with Gasteiger partial charge in [0.2, 0.25) is 0 Å². The summed E-state index contributed by atoms with van der Waals surface area (Å²) in [5, 5.41) is 3.29.